The van der Waals surface area contributed by atoms with Crippen molar-refractivity contribution in [3.63, 3.8) is 0 Å². The number of aryl methyl sites for hydroxylation is 2. The van der Waals surface area contributed by atoms with Gasteiger partial charge in [0.2, 0.25) is 27.7 Å². The zero-order valence-electron chi connectivity index (χ0n) is 34.1. The first-order valence-electron chi connectivity index (χ1n) is 21.8. The van der Waals surface area contributed by atoms with Gasteiger partial charge in [-0.1, -0.05) is 37.1 Å². The SMILES string of the molecule is O=C1N[C@]2(C(=O)NS(=O)(=O)C3CC3)CC2/C=C\CCCCC[C@H](CC(=O)N2CCCC(F)(F)C2)C(=O)N2C[C@H](Oc3cc(-c4ccccn4)nc4c5c(ccc34)CCC5)C[C@@H]12. The van der Waals surface area contributed by atoms with Crippen LogP contribution in [0.3, 0.4) is 0 Å². The number of likely N-dealkylation sites (tertiary alicyclic amines) is 1. The number of ether oxygens (including phenoxy) is 1. The summed E-state index contributed by atoms with van der Waals surface area (Å²) in [5.41, 5.74) is 2.89. The Morgan fingerprint density at radius 1 is 1.00 bits per heavy atom. The van der Waals surface area contributed by atoms with Gasteiger partial charge >= 0.3 is 0 Å². The summed E-state index contributed by atoms with van der Waals surface area (Å²) in [7, 11) is -3.93. The number of halogens is 2. The van der Waals surface area contributed by atoms with E-state index in [1.54, 1.807) is 6.20 Å². The number of benzene rings is 1. The van der Waals surface area contributed by atoms with Gasteiger partial charge in [-0.15, -0.1) is 0 Å². The van der Waals surface area contributed by atoms with Gasteiger partial charge in [0, 0.05) is 55.3 Å². The van der Waals surface area contributed by atoms with Crippen molar-refractivity contribution in [3.05, 3.63) is 65.9 Å². The van der Waals surface area contributed by atoms with Crippen LogP contribution in [0, 0.1) is 11.8 Å². The number of allylic oxidation sites excluding steroid dienone is 1. The van der Waals surface area contributed by atoms with Gasteiger partial charge in [0.25, 0.3) is 11.8 Å². The minimum absolute atomic E-state index is 0.0306. The number of nitrogens with one attached hydrogen (secondary N) is 2. The van der Waals surface area contributed by atoms with Crippen molar-refractivity contribution in [2.75, 3.05) is 19.6 Å². The van der Waals surface area contributed by atoms with Crippen LogP contribution in [-0.2, 0) is 42.0 Å². The normalized spacial score (nSPS) is 28.4. The van der Waals surface area contributed by atoms with Crippen molar-refractivity contribution in [3.8, 4) is 17.1 Å². The molecule has 16 heteroatoms. The Morgan fingerprint density at radius 3 is 2.64 bits per heavy atom. The van der Waals surface area contributed by atoms with Crippen LogP contribution in [0.1, 0.15) is 94.6 Å². The highest BCUT2D eigenvalue weighted by Crippen LogP contribution is 2.46. The molecule has 4 amide bonds. The maximum Gasteiger partial charge on any atom is 0.265 e. The number of hydrogen-bond acceptors (Lipinski definition) is 9. The third-order valence-electron chi connectivity index (χ3n) is 13.4. The molecule has 13 nitrogen and oxygen atoms in total. The fraction of sp³-hybridized carbons (Fsp3) is 0.556. The first-order chi connectivity index (χ1) is 29.3. The lowest BCUT2D eigenvalue weighted by atomic mass is 9.94. The van der Waals surface area contributed by atoms with E-state index >= 15 is 0 Å². The van der Waals surface area contributed by atoms with Crippen LogP contribution in [0.15, 0.2) is 54.7 Å². The van der Waals surface area contributed by atoms with Crippen LogP contribution < -0.4 is 14.8 Å². The average Bonchev–Trinajstić information content (AvgIpc) is 4.12. The summed E-state index contributed by atoms with van der Waals surface area (Å²) in [5, 5.41) is 3.03. The summed E-state index contributed by atoms with van der Waals surface area (Å²) in [6.45, 7) is -0.553. The number of fused-ring (bicyclic) bond motifs is 5. The van der Waals surface area contributed by atoms with Gasteiger partial charge in [-0.05, 0) is 93.5 Å². The second-order valence-corrected chi connectivity index (χ2v) is 19.8. The molecule has 0 radical (unpaired) electrons. The van der Waals surface area contributed by atoms with Crippen molar-refractivity contribution in [1.82, 2.24) is 29.8 Å². The quantitative estimate of drug-likeness (QED) is 0.282. The number of nitrogens with zero attached hydrogens (tertiary/aromatic N) is 4. The highest BCUT2D eigenvalue weighted by Gasteiger charge is 2.62. The number of pyridine rings is 2. The third kappa shape index (κ3) is 8.61. The molecule has 1 unspecified atom stereocenters. The monoisotopic (exact) mass is 858 g/mol. The molecule has 324 valence electrons. The Morgan fingerprint density at radius 2 is 1.85 bits per heavy atom. The maximum absolute atomic E-state index is 14.9. The molecular formula is C45H52F2N6O7S. The van der Waals surface area contributed by atoms with Crippen LogP contribution in [0.5, 0.6) is 5.75 Å². The molecule has 6 aliphatic rings. The lowest BCUT2D eigenvalue weighted by Crippen LogP contribution is -2.57. The van der Waals surface area contributed by atoms with E-state index < -0.39 is 80.9 Å². The molecule has 5 atom stereocenters. The molecular weight excluding hydrogens is 807 g/mol. The van der Waals surface area contributed by atoms with Crippen LogP contribution in [0.4, 0.5) is 8.78 Å². The second-order valence-electron chi connectivity index (χ2n) is 17.8. The van der Waals surface area contributed by atoms with E-state index in [0.29, 0.717) is 49.2 Å². The van der Waals surface area contributed by atoms with Crippen LogP contribution in [0.25, 0.3) is 22.3 Å². The van der Waals surface area contributed by atoms with Gasteiger partial charge in [0.1, 0.15) is 23.4 Å². The fourth-order valence-electron chi connectivity index (χ4n) is 9.75. The summed E-state index contributed by atoms with van der Waals surface area (Å²) in [4.78, 5) is 69.3. The summed E-state index contributed by atoms with van der Waals surface area (Å²) in [6.07, 6.45) is 11.3. The Kier molecular flexibility index (Phi) is 11.1. The Labute approximate surface area is 354 Å². The maximum atomic E-state index is 14.9. The Hall–Kier alpha value is -4.99. The first-order valence-corrected chi connectivity index (χ1v) is 23.4. The van der Waals surface area contributed by atoms with Gasteiger partial charge in [-0.25, -0.2) is 22.2 Å². The van der Waals surface area contributed by atoms with E-state index in [1.807, 2.05) is 42.5 Å². The van der Waals surface area contributed by atoms with Crippen LogP contribution in [-0.4, -0.2) is 100 Å². The molecule has 2 N–H and O–H groups in total. The average molecular weight is 859 g/mol. The molecule has 0 spiro atoms. The van der Waals surface area contributed by atoms with Gasteiger partial charge in [0.15, 0.2) is 0 Å². The molecule has 1 aromatic carbocycles. The van der Waals surface area contributed by atoms with E-state index in [4.69, 9.17) is 9.72 Å². The number of hydrogen-bond donors (Lipinski definition) is 2. The van der Waals surface area contributed by atoms with Gasteiger partial charge < -0.3 is 19.9 Å². The van der Waals surface area contributed by atoms with Crippen molar-refractivity contribution < 1.29 is 41.1 Å². The lowest BCUT2D eigenvalue weighted by Gasteiger charge is -2.34. The molecule has 9 rings (SSSR count). The highest BCUT2D eigenvalue weighted by molar-refractivity contribution is 7.91. The standard InChI is InChI=1S/C45H52F2N6O7S/c46-44(47)19-9-21-52(27-44)39(54)22-29-10-4-2-1-3-5-12-30-25-45(30,43(57)51-61(58,59)32-16-17-32)50-41(55)37-23-31(26-53(37)42(29)56)60-38-24-36(35-14-6-7-20-48-35)49-40-33-13-8-11-28(33)15-18-34(38)40/h5-7,12,14-15,18,20,24,29-32,37H,1-4,8-11,13,16-17,19,21-23,25-27H2,(H,50,55)(H,51,57)/b12-5-/t29-,30?,31-,37+,45-/m1/s1. The molecule has 2 saturated heterocycles. The number of alkyl halides is 2. The molecule has 2 aromatic heterocycles. The summed E-state index contributed by atoms with van der Waals surface area (Å²) >= 11 is 0. The molecule has 5 heterocycles. The smallest absolute Gasteiger partial charge is 0.265 e. The minimum atomic E-state index is -3.93. The summed E-state index contributed by atoms with van der Waals surface area (Å²) in [5.74, 6) is -6.31. The van der Waals surface area contributed by atoms with E-state index in [2.05, 4.69) is 21.1 Å². The minimum Gasteiger partial charge on any atom is -0.488 e. The van der Waals surface area contributed by atoms with E-state index in [1.165, 1.54) is 10.5 Å². The van der Waals surface area contributed by atoms with Crippen molar-refractivity contribution in [2.45, 2.75) is 125 Å². The molecule has 3 aromatic rings. The summed E-state index contributed by atoms with van der Waals surface area (Å²) < 4.78 is 63.9. The predicted octanol–water partition coefficient (Wildman–Crippen LogP) is 5.40. The summed E-state index contributed by atoms with van der Waals surface area (Å²) in [6, 6.07) is 10.3. The fourth-order valence-corrected chi connectivity index (χ4v) is 11.1. The third-order valence-corrected chi connectivity index (χ3v) is 15.2. The van der Waals surface area contributed by atoms with Crippen molar-refractivity contribution >= 4 is 44.6 Å². The van der Waals surface area contributed by atoms with Crippen molar-refractivity contribution in [1.29, 1.82) is 0 Å². The largest absolute Gasteiger partial charge is 0.488 e. The van der Waals surface area contributed by atoms with Gasteiger partial charge in [-0.3, -0.25) is 28.9 Å². The predicted molar refractivity (Wildman–Crippen MR) is 222 cm³/mol. The molecule has 61 heavy (non-hydrogen) atoms. The number of amides is 4. The zero-order chi connectivity index (χ0) is 42.5. The Bertz CT molecular complexity index is 2380. The number of carbonyl (C=O) groups excluding carboxylic acids is 4. The number of carbonyl (C=O) groups is 4. The highest BCUT2D eigenvalue weighted by atomic mass is 32.2. The Balaban J connectivity index is 1.05. The molecule has 4 fully saturated rings. The van der Waals surface area contributed by atoms with Gasteiger partial charge in [-0.2, -0.15) is 0 Å². The lowest BCUT2D eigenvalue weighted by molar-refractivity contribution is -0.148. The van der Waals surface area contributed by atoms with E-state index in [0.717, 1.165) is 53.5 Å². The molecule has 3 aliphatic carbocycles. The topological polar surface area (TPSA) is 168 Å². The number of sulfonamides is 1. The van der Waals surface area contributed by atoms with Crippen molar-refractivity contribution in [2.24, 2.45) is 11.8 Å². The molecule has 2 saturated carbocycles. The molecule has 0 bridgehead atoms. The number of aromatic nitrogens is 2. The van der Waals surface area contributed by atoms with Gasteiger partial charge in [0.05, 0.1) is 35.2 Å². The van der Waals surface area contributed by atoms with Crippen LogP contribution in [0.2, 0.25) is 0 Å². The zero-order valence-corrected chi connectivity index (χ0v) is 34.9. The van der Waals surface area contributed by atoms with E-state index in [9.17, 15) is 36.4 Å². The second kappa shape index (κ2) is 16.4. The van der Waals surface area contributed by atoms with E-state index in [-0.39, 0.29) is 45.2 Å². The van der Waals surface area contributed by atoms with Crippen LogP contribution >= 0.6 is 0 Å². The first kappa shape index (κ1) is 41.4. The molecule has 3 aliphatic heterocycles. The number of piperidine rings is 1. The number of rotatable bonds is 8.